The lowest BCUT2D eigenvalue weighted by molar-refractivity contribution is 0.0697. The molecule has 0 aromatic heterocycles. The van der Waals surface area contributed by atoms with E-state index in [-0.39, 0.29) is 11.3 Å². The highest BCUT2D eigenvalue weighted by Gasteiger charge is 2.10. The summed E-state index contributed by atoms with van der Waals surface area (Å²) >= 11 is 0. The van der Waals surface area contributed by atoms with Gasteiger partial charge in [0.15, 0.2) is 5.78 Å². The Kier molecular flexibility index (Phi) is 3.47. The Bertz CT molecular complexity index is 607. The van der Waals surface area contributed by atoms with Crippen molar-refractivity contribution < 1.29 is 14.7 Å². The highest BCUT2D eigenvalue weighted by Crippen LogP contribution is 2.23. The van der Waals surface area contributed by atoms with E-state index in [1.807, 2.05) is 31.2 Å². The summed E-state index contributed by atoms with van der Waals surface area (Å²) in [4.78, 5) is 22.6. The number of Topliss-reactive ketones (excluding diaryl/α,β-unsaturated/α-hetero) is 1. The van der Waals surface area contributed by atoms with Gasteiger partial charge in [-0.3, -0.25) is 4.79 Å². The molecule has 0 saturated carbocycles. The van der Waals surface area contributed by atoms with E-state index in [0.29, 0.717) is 5.56 Å². The number of carboxylic acids is 1. The number of hydrogen-bond donors (Lipinski definition) is 1. The van der Waals surface area contributed by atoms with Gasteiger partial charge < -0.3 is 5.11 Å². The molecule has 0 spiro atoms. The second-order valence-corrected chi connectivity index (χ2v) is 4.53. The number of ketones is 1. The van der Waals surface area contributed by atoms with Crippen LogP contribution in [0.25, 0.3) is 11.1 Å². The van der Waals surface area contributed by atoms with E-state index in [1.165, 1.54) is 13.0 Å². The Morgan fingerprint density at radius 1 is 0.895 bits per heavy atom. The molecule has 0 atom stereocenters. The van der Waals surface area contributed by atoms with Gasteiger partial charge in [0.2, 0.25) is 0 Å². The third-order valence-electron chi connectivity index (χ3n) is 2.97. The van der Waals surface area contributed by atoms with Crippen LogP contribution in [0, 0.1) is 6.92 Å². The normalized spacial score (nSPS) is 10.2. The summed E-state index contributed by atoms with van der Waals surface area (Å²) in [5.41, 5.74) is 3.31. The number of aromatic carboxylic acids is 1. The Labute approximate surface area is 111 Å². The van der Waals surface area contributed by atoms with Crippen LogP contribution in [0.3, 0.4) is 0 Å². The lowest BCUT2D eigenvalue weighted by Crippen LogP contribution is -2.01. The lowest BCUT2D eigenvalue weighted by atomic mass is 9.98. The third-order valence-corrected chi connectivity index (χ3v) is 2.97. The van der Waals surface area contributed by atoms with E-state index in [1.54, 1.807) is 12.1 Å². The second kappa shape index (κ2) is 5.06. The Morgan fingerprint density at radius 2 is 1.47 bits per heavy atom. The first-order chi connectivity index (χ1) is 8.97. The summed E-state index contributed by atoms with van der Waals surface area (Å²) in [6.07, 6.45) is 0. The molecule has 3 nitrogen and oxygen atoms in total. The predicted octanol–water partition coefficient (Wildman–Crippen LogP) is 3.56. The van der Waals surface area contributed by atoms with Crippen molar-refractivity contribution in [3.8, 4) is 11.1 Å². The molecule has 1 N–H and O–H groups in total. The molecule has 0 aliphatic rings. The molecule has 2 rings (SSSR count). The van der Waals surface area contributed by atoms with E-state index < -0.39 is 5.97 Å². The number of carboxylic acid groups (broad SMARTS) is 1. The average molecular weight is 254 g/mol. The maximum absolute atomic E-state index is 11.5. The maximum Gasteiger partial charge on any atom is 0.335 e. The fourth-order valence-electron chi connectivity index (χ4n) is 1.87. The highest BCUT2D eigenvalue weighted by atomic mass is 16.4. The number of hydrogen-bond acceptors (Lipinski definition) is 2. The van der Waals surface area contributed by atoms with Gasteiger partial charge in [-0.05, 0) is 43.2 Å². The van der Waals surface area contributed by atoms with Crippen LogP contribution in [0.1, 0.15) is 33.2 Å². The number of aryl methyl sites for hydroxylation is 1. The second-order valence-electron chi connectivity index (χ2n) is 4.53. The molecule has 0 unspecified atom stereocenters. The maximum atomic E-state index is 11.5. The zero-order chi connectivity index (χ0) is 14.0. The van der Waals surface area contributed by atoms with Crippen molar-refractivity contribution in [2.24, 2.45) is 0 Å². The summed E-state index contributed by atoms with van der Waals surface area (Å²) in [6, 6.07) is 12.5. The van der Waals surface area contributed by atoms with Gasteiger partial charge >= 0.3 is 5.97 Å². The van der Waals surface area contributed by atoms with Crippen molar-refractivity contribution in [3.05, 3.63) is 59.2 Å². The summed E-state index contributed by atoms with van der Waals surface area (Å²) in [7, 11) is 0. The van der Waals surface area contributed by atoms with Crippen molar-refractivity contribution in [1.29, 1.82) is 0 Å². The quantitative estimate of drug-likeness (QED) is 0.852. The summed E-state index contributed by atoms with van der Waals surface area (Å²) < 4.78 is 0. The van der Waals surface area contributed by atoms with E-state index in [4.69, 9.17) is 5.11 Å². The van der Waals surface area contributed by atoms with Gasteiger partial charge in [-0.15, -0.1) is 0 Å². The van der Waals surface area contributed by atoms with Gasteiger partial charge in [0.25, 0.3) is 0 Å². The van der Waals surface area contributed by atoms with Gasteiger partial charge in [-0.1, -0.05) is 29.8 Å². The molecular weight excluding hydrogens is 240 g/mol. The molecule has 2 aromatic rings. The number of benzene rings is 2. The fraction of sp³-hybridized carbons (Fsp3) is 0.125. The van der Waals surface area contributed by atoms with Crippen LogP contribution in [0.4, 0.5) is 0 Å². The molecule has 0 aliphatic carbocycles. The lowest BCUT2D eigenvalue weighted by Gasteiger charge is -2.06. The van der Waals surface area contributed by atoms with Gasteiger partial charge in [0.1, 0.15) is 0 Å². The molecule has 3 heteroatoms. The first-order valence-electron chi connectivity index (χ1n) is 5.94. The van der Waals surface area contributed by atoms with Crippen molar-refractivity contribution in [1.82, 2.24) is 0 Å². The van der Waals surface area contributed by atoms with Gasteiger partial charge in [-0.25, -0.2) is 4.79 Å². The number of carbonyl (C=O) groups excluding carboxylic acids is 1. The molecule has 0 amide bonds. The molecular formula is C16H14O3. The van der Waals surface area contributed by atoms with E-state index >= 15 is 0 Å². The van der Waals surface area contributed by atoms with Crippen molar-refractivity contribution >= 4 is 11.8 Å². The van der Waals surface area contributed by atoms with E-state index in [2.05, 4.69) is 0 Å². The first-order valence-corrected chi connectivity index (χ1v) is 5.94. The molecule has 0 fully saturated rings. The topological polar surface area (TPSA) is 54.4 Å². The van der Waals surface area contributed by atoms with Crippen LogP contribution in [-0.2, 0) is 0 Å². The SMILES string of the molecule is CC(=O)c1cc(C(=O)O)cc(-c2ccc(C)cc2)c1. The van der Waals surface area contributed by atoms with Gasteiger partial charge in [0, 0.05) is 5.56 Å². The minimum absolute atomic E-state index is 0.128. The number of carbonyl (C=O) groups is 2. The standard InChI is InChI=1S/C16H14O3/c1-10-3-5-12(6-4-10)14-7-13(11(2)17)8-15(9-14)16(18)19/h3-9H,1-2H3,(H,18,19). The van der Waals surface area contributed by atoms with Crippen LogP contribution in [0.15, 0.2) is 42.5 Å². The minimum atomic E-state index is -1.03. The molecule has 0 bridgehead atoms. The smallest absolute Gasteiger partial charge is 0.335 e. The van der Waals surface area contributed by atoms with Crippen LogP contribution < -0.4 is 0 Å². The zero-order valence-corrected chi connectivity index (χ0v) is 10.8. The van der Waals surface area contributed by atoms with Crippen molar-refractivity contribution in [3.63, 3.8) is 0 Å². The van der Waals surface area contributed by atoms with E-state index in [0.717, 1.165) is 16.7 Å². The van der Waals surface area contributed by atoms with Gasteiger partial charge in [0.05, 0.1) is 5.56 Å². The number of rotatable bonds is 3. The monoisotopic (exact) mass is 254 g/mol. The summed E-state index contributed by atoms with van der Waals surface area (Å²) in [5, 5.41) is 9.10. The Balaban J connectivity index is 2.59. The fourth-order valence-corrected chi connectivity index (χ4v) is 1.87. The third kappa shape index (κ3) is 2.88. The van der Waals surface area contributed by atoms with E-state index in [9.17, 15) is 9.59 Å². The van der Waals surface area contributed by atoms with Crippen LogP contribution in [0.2, 0.25) is 0 Å². The average Bonchev–Trinajstić information content (AvgIpc) is 2.39. The van der Waals surface area contributed by atoms with Crippen LogP contribution in [0.5, 0.6) is 0 Å². The molecule has 96 valence electrons. The van der Waals surface area contributed by atoms with Crippen molar-refractivity contribution in [2.45, 2.75) is 13.8 Å². The Morgan fingerprint density at radius 3 is 2.00 bits per heavy atom. The first kappa shape index (κ1) is 13.0. The zero-order valence-electron chi connectivity index (χ0n) is 10.8. The molecule has 0 radical (unpaired) electrons. The highest BCUT2D eigenvalue weighted by molar-refractivity contribution is 5.99. The van der Waals surface area contributed by atoms with Crippen molar-refractivity contribution in [2.75, 3.05) is 0 Å². The molecule has 2 aromatic carbocycles. The van der Waals surface area contributed by atoms with Crippen LogP contribution >= 0.6 is 0 Å². The molecule has 0 heterocycles. The minimum Gasteiger partial charge on any atom is -0.478 e. The largest absolute Gasteiger partial charge is 0.478 e. The molecule has 0 saturated heterocycles. The predicted molar refractivity (Wildman–Crippen MR) is 73.6 cm³/mol. The Hall–Kier alpha value is -2.42. The summed E-state index contributed by atoms with van der Waals surface area (Å²) in [6.45, 7) is 3.42. The summed E-state index contributed by atoms with van der Waals surface area (Å²) in [5.74, 6) is -1.17. The van der Waals surface area contributed by atoms with Crippen LogP contribution in [-0.4, -0.2) is 16.9 Å². The van der Waals surface area contributed by atoms with Gasteiger partial charge in [-0.2, -0.15) is 0 Å². The molecule has 19 heavy (non-hydrogen) atoms. The molecule has 0 aliphatic heterocycles.